The van der Waals surface area contributed by atoms with Crippen molar-refractivity contribution in [3.63, 3.8) is 0 Å². The van der Waals surface area contributed by atoms with E-state index in [4.69, 9.17) is 4.74 Å². The summed E-state index contributed by atoms with van der Waals surface area (Å²) in [5, 5.41) is 11.7. The summed E-state index contributed by atoms with van der Waals surface area (Å²) in [5.74, 6) is 1.48. The molecule has 1 saturated heterocycles. The first-order chi connectivity index (χ1) is 15.1. The first-order valence-electron chi connectivity index (χ1n) is 10.8. The number of hydrogen-bond acceptors (Lipinski definition) is 5. The van der Waals surface area contributed by atoms with Crippen LogP contribution in [0.1, 0.15) is 30.4 Å². The average molecular weight is 417 g/mol. The van der Waals surface area contributed by atoms with Gasteiger partial charge in [0, 0.05) is 24.3 Å². The largest absolute Gasteiger partial charge is 0.483 e. The highest BCUT2D eigenvalue weighted by atomic mass is 16.5. The van der Waals surface area contributed by atoms with Crippen molar-refractivity contribution < 1.29 is 9.53 Å². The number of hydrogen-bond donors (Lipinski definition) is 1. The van der Waals surface area contributed by atoms with Crippen LogP contribution in [0, 0.1) is 13.8 Å². The molecule has 4 rings (SSSR count). The number of piperidine rings is 1. The fourth-order valence-corrected chi connectivity index (χ4v) is 3.89. The molecule has 1 aromatic heterocycles. The number of para-hydroxylation sites is 1. The lowest BCUT2D eigenvalue weighted by molar-refractivity contribution is -0.118. The van der Waals surface area contributed by atoms with Crippen LogP contribution in [0.5, 0.6) is 5.75 Å². The summed E-state index contributed by atoms with van der Waals surface area (Å²) >= 11 is 0. The van der Waals surface area contributed by atoms with E-state index in [1.807, 2.05) is 68.4 Å². The summed E-state index contributed by atoms with van der Waals surface area (Å²) in [6, 6.07) is 17.6. The topological polar surface area (TPSA) is 67.3 Å². The van der Waals surface area contributed by atoms with Gasteiger partial charge in [-0.25, -0.2) is 0 Å². The van der Waals surface area contributed by atoms with Crippen molar-refractivity contribution in [2.24, 2.45) is 0 Å². The third-order valence-electron chi connectivity index (χ3n) is 5.53. The second kappa shape index (κ2) is 9.60. The molecule has 0 spiro atoms. The predicted molar refractivity (Wildman–Crippen MR) is 124 cm³/mol. The van der Waals surface area contributed by atoms with Gasteiger partial charge in [-0.2, -0.15) is 0 Å². The molecule has 0 atom stereocenters. The Bertz CT molecular complexity index is 1020. The van der Waals surface area contributed by atoms with Crippen molar-refractivity contribution >= 4 is 17.4 Å². The number of ether oxygens (including phenoxy) is 1. The van der Waals surface area contributed by atoms with E-state index in [0.717, 1.165) is 47.0 Å². The minimum atomic E-state index is -0.202. The number of carbonyl (C=O) groups excluding carboxylic acids is 1. The van der Waals surface area contributed by atoms with E-state index in [2.05, 4.69) is 20.4 Å². The first kappa shape index (κ1) is 20.8. The highest BCUT2D eigenvalue weighted by molar-refractivity contribution is 5.92. The maximum absolute atomic E-state index is 12.4. The van der Waals surface area contributed by atoms with Gasteiger partial charge >= 0.3 is 0 Å². The van der Waals surface area contributed by atoms with Gasteiger partial charge in [0.25, 0.3) is 5.91 Å². The second-order valence-electron chi connectivity index (χ2n) is 7.96. The van der Waals surface area contributed by atoms with Gasteiger partial charge in [0.05, 0.1) is 5.69 Å². The molecule has 6 heteroatoms. The number of nitrogens with one attached hydrogen (secondary N) is 1. The predicted octanol–water partition coefficient (Wildman–Crippen LogP) is 4.77. The monoisotopic (exact) mass is 416 g/mol. The van der Waals surface area contributed by atoms with Crippen molar-refractivity contribution in [3.8, 4) is 17.0 Å². The smallest absolute Gasteiger partial charge is 0.262 e. The molecular formula is C25H28N4O2. The molecule has 1 fully saturated rings. The fraction of sp³-hybridized carbons (Fsp3) is 0.320. The van der Waals surface area contributed by atoms with Gasteiger partial charge in [-0.15, -0.1) is 10.2 Å². The van der Waals surface area contributed by atoms with Gasteiger partial charge in [0.15, 0.2) is 12.4 Å². The normalized spacial score (nSPS) is 13.7. The highest BCUT2D eigenvalue weighted by Crippen LogP contribution is 2.24. The zero-order chi connectivity index (χ0) is 21.6. The van der Waals surface area contributed by atoms with Crippen molar-refractivity contribution in [2.45, 2.75) is 33.1 Å². The summed E-state index contributed by atoms with van der Waals surface area (Å²) in [6.45, 7) is 5.99. The van der Waals surface area contributed by atoms with Crippen LogP contribution in [-0.4, -0.2) is 35.8 Å². The zero-order valence-electron chi connectivity index (χ0n) is 18.1. The maximum Gasteiger partial charge on any atom is 0.262 e. The van der Waals surface area contributed by atoms with Crippen LogP contribution >= 0.6 is 0 Å². The van der Waals surface area contributed by atoms with Gasteiger partial charge in [0.1, 0.15) is 5.75 Å². The second-order valence-corrected chi connectivity index (χ2v) is 7.96. The lowest BCUT2D eigenvalue weighted by Crippen LogP contribution is -2.30. The van der Waals surface area contributed by atoms with E-state index in [-0.39, 0.29) is 12.5 Å². The Morgan fingerprint density at radius 2 is 1.71 bits per heavy atom. The zero-order valence-corrected chi connectivity index (χ0v) is 18.1. The van der Waals surface area contributed by atoms with Gasteiger partial charge in [-0.1, -0.05) is 30.3 Å². The minimum Gasteiger partial charge on any atom is -0.483 e. The number of benzene rings is 2. The van der Waals surface area contributed by atoms with Crippen LogP contribution in [0.4, 0.5) is 11.5 Å². The summed E-state index contributed by atoms with van der Waals surface area (Å²) in [7, 11) is 0. The molecule has 1 amide bonds. The molecule has 2 heterocycles. The number of carbonyl (C=O) groups is 1. The molecule has 0 unspecified atom stereocenters. The van der Waals surface area contributed by atoms with E-state index < -0.39 is 0 Å². The van der Waals surface area contributed by atoms with Crippen molar-refractivity contribution in [2.75, 3.05) is 29.9 Å². The van der Waals surface area contributed by atoms with Gasteiger partial charge < -0.3 is 15.0 Å². The molecule has 6 nitrogen and oxygen atoms in total. The fourth-order valence-electron chi connectivity index (χ4n) is 3.89. The quantitative estimate of drug-likeness (QED) is 0.627. The third-order valence-corrected chi connectivity index (χ3v) is 5.53. The van der Waals surface area contributed by atoms with Crippen LogP contribution in [0.25, 0.3) is 11.3 Å². The lowest BCUT2D eigenvalue weighted by Gasteiger charge is -2.27. The molecule has 0 aliphatic carbocycles. The Balaban J connectivity index is 1.39. The van der Waals surface area contributed by atoms with Crippen molar-refractivity contribution in [1.82, 2.24) is 10.2 Å². The molecule has 160 valence electrons. The number of amides is 1. The molecule has 1 aliphatic heterocycles. The first-order valence-corrected chi connectivity index (χ1v) is 10.8. The van der Waals surface area contributed by atoms with E-state index >= 15 is 0 Å². The van der Waals surface area contributed by atoms with Crippen LogP contribution < -0.4 is 15.0 Å². The molecule has 0 radical (unpaired) electrons. The SMILES string of the molecule is Cc1cccc(C)c1OCC(=O)Nc1cccc(-c2ccc(N3CCCCC3)nn2)c1. The van der Waals surface area contributed by atoms with Crippen molar-refractivity contribution in [3.05, 3.63) is 65.7 Å². The van der Waals surface area contributed by atoms with Gasteiger partial charge in [-0.3, -0.25) is 4.79 Å². The number of aromatic nitrogens is 2. The molecular weight excluding hydrogens is 388 g/mol. The minimum absolute atomic E-state index is 0.0414. The summed E-state index contributed by atoms with van der Waals surface area (Å²) < 4.78 is 5.75. The van der Waals surface area contributed by atoms with Crippen LogP contribution in [0.2, 0.25) is 0 Å². The molecule has 0 bridgehead atoms. The van der Waals surface area contributed by atoms with E-state index in [1.54, 1.807) is 0 Å². The molecule has 1 N–H and O–H groups in total. The van der Waals surface area contributed by atoms with E-state index in [9.17, 15) is 4.79 Å². The molecule has 1 aliphatic rings. The summed E-state index contributed by atoms with van der Waals surface area (Å²) in [6.07, 6.45) is 3.70. The van der Waals surface area contributed by atoms with Crippen LogP contribution in [0.3, 0.4) is 0 Å². The average Bonchev–Trinajstić information content (AvgIpc) is 2.80. The number of aryl methyl sites for hydroxylation is 2. The highest BCUT2D eigenvalue weighted by Gasteiger charge is 2.13. The molecule has 0 saturated carbocycles. The molecule has 2 aromatic carbocycles. The van der Waals surface area contributed by atoms with Crippen LogP contribution in [0.15, 0.2) is 54.6 Å². The standard InChI is InChI=1S/C25H28N4O2/c1-18-8-6-9-19(2)25(18)31-17-24(30)26-21-11-7-10-20(16-21)22-12-13-23(28-27-22)29-14-4-3-5-15-29/h6-13,16H,3-5,14-15,17H2,1-2H3,(H,26,30). The summed E-state index contributed by atoms with van der Waals surface area (Å²) in [5.41, 5.74) is 4.42. The third kappa shape index (κ3) is 5.20. The Morgan fingerprint density at radius 3 is 2.42 bits per heavy atom. The molecule has 31 heavy (non-hydrogen) atoms. The van der Waals surface area contributed by atoms with Gasteiger partial charge in [0.2, 0.25) is 0 Å². The Kier molecular flexibility index (Phi) is 6.46. The Hall–Kier alpha value is -3.41. The number of rotatable bonds is 6. The molecule has 3 aromatic rings. The van der Waals surface area contributed by atoms with E-state index in [1.165, 1.54) is 19.3 Å². The van der Waals surface area contributed by atoms with Crippen LogP contribution in [-0.2, 0) is 4.79 Å². The lowest BCUT2D eigenvalue weighted by atomic mass is 10.1. The number of anilines is 2. The Labute approximate surface area is 183 Å². The summed E-state index contributed by atoms with van der Waals surface area (Å²) in [4.78, 5) is 14.7. The number of nitrogens with zero attached hydrogens (tertiary/aromatic N) is 3. The van der Waals surface area contributed by atoms with Crippen molar-refractivity contribution in [1.29, 1.82) is 0 Å². The van der Waals surface area contributed by atoms with E-state index in [0.29, 0.717) is 5.69 Å². The maximum atomic E-state index is 12.4. The Morgan fingerprint density at radius 1 is 0.968 bits per heavy atom. The van der Waals surface area contributed by atoms with Gasteiger partial charge in [-0.05, 0) is 68.5 Å².